The average Bonchev–Trinajstić information content (AvgIpc) is 2.83. The zero-order chi connectivity index (χ0) is 23.1. The van der Waals surface area contributed by atoms with Crippen molar-refractivity contribution in [3.05, 3.63) is 89.2 Å². The highest BCUT2D eigenvalue weighted by atomic mass is 16.5. The van der Waals surface area contributed by atoms with Crippen LogP contribution in [0.3, 0.4) is 0 Å². The van der Waals surface area contributed by atoms with Crippen LogP contribution in [0.5, 0.6) is 0 Å². The van der Waals surface area contributed by atoms with Crippen LogP contribution in [-0.2, 0) is 9.47 Å². The van der Waals surface area contributed by atoms with Gasteiger partial charge in [-0.15, -0.1) is 0 Å². The first kappa shape index (κ1) is 22.2. The standard InChI is InChI=1S/C23H19N3O6/c1-31-22(29)15-7-3-5-9-17(15)25-20(27)14-11-12-19(24-13-14)21(28)26-18-10-6-4-8-16(18)23(30)32-2/h3-13H,1-2H3,(H,25,27)(H,26,28). The molecule has 0 unspecified atom stereocenters. The minimum absolute atomic E-state index is 0.0381. The largest absolute Gasteiger partial charge is 0.465 e. The van der Waals surface area contributed by atoms with E-state index in [-0.39, 0.29) is 33.8 Å². The Bertz CT molecular complexity index is 1080. The fraction of sp³-hybridized carbons (Fsp3) is 0.0870. The number of aromatic nitrogens is 1. The van der Waals surface area contributed by atoms with Gasteiger partial charge in [0.25, 0.3) is 11.8 Å². The second-order valence-electron chi connectivity index (χ2n) is 6.41. The van der Waals surface area contributed by atoms with Crippen LogP contribution in [0.1, 0.15) is 41.6 Å². The molecule has 3 aromatic rings. The van der Waals surface area contributed by atoms with Crippen molar-refractivity contribution in [2.75, 3.05) is 24.9 Å². The van der Waals surface area contributed by atoms with Crippen LogP contribution < -0.4 is 10.6 Å². The number of para-hydroxylation sites is 2. The molecular formula is C23H19N3O6. The molecule has 0 saturated carbocycles. The van der Waals surface area contributed by atoms with Gasteiger partial charge < -0.3 is 20.1 Å². The summed E-state index contributed by atoms with van der Waals surface area (Å²) in [5.74, 6) is -2.26. The second-order valence-corrected chi connectivity index (χ2v) is 6.41. The van der Waals surface area contributed by atoms with Crippen molar-refractivity contribution in [3.8, 4) is 0 Å². The first-order valence-electron chi connectivity index (χ1n) is 9.38. The van der Waals surface area contributed by atoms with Crippen LogP contribution in [-0.4, -0.2) is 43.0 Å². The van der Waals surface area contributed by atoms with E-state index in [0.717, 1.165) is 0 Å². The van der Waals surface area contributed by atoms with Crippen molar-refractivity contribution < 1.29 is 28.7 Å². The summed E-state index contributed by atoms with van der Waals surface area (Å²) >= 11 is 0. The summed E-state index contributed by atoms with van der Waals surface area (Å²) < 4.78 is 9.42. The number of rotatable bonds is 6. The van der Waals surface area contributed by atoms with Crippen LogP contribution in [0.15, 0.2) is 66.9 Å². The zero-order valence-electron chi connectivity index (χ0n) is 17.2. The van der Waals surface area contributed by atoms with Crippen molar-refractivity contribution in [1.82, 2.24) is 4.98 Å². The van der Waals surface area contributed by atoms with Gasteiger partial charge in [-0.2, -0.15) is 0 Å². The van der Waals surface area contributed by atoms with E-state index in [1.807, 2.05) is 0 Å². The van der Waals surface area contributed by atoms with Gasteiger partial charge in [0.2, 0.25) is 0 Å². The predicted octanol–water partition coefficient (Wildman–Crippen LogP) is 3.16. The fourth-order valence-electron chi connectivity index (χ4n) is 2.80. The Morgan fingerprint density at radius 2 is 1.19 bits per heavy atom. The predicted molar refractivity (Wildman–Crippen MR) is 116 cm³/mol. The monoisotopic (exact) mass is 433 g/mol. The van der Waals surface area contributed by atoms with Crippen molar-refractivity contribution >= 4 is 35.1 Å². The molecule has 3 rings (SSSR count). The smallest absolute Gasteiger partial charge is 0.339 e. The van der Waals surface area contributed by atoms with Crippen LogP contribution in [0.25, 0.3) is 0 Å². The van der Waals surface area contributed by atoms with Gasteiger partial charge in [0.05, 0.1) is 42.3 Å². The Morgan fingerprint density at radius 1 is 0.688 bits per heavy atom. The lowest BCUT2D eigenvalue weighted by molar-refractivity contribution is 0.0592. The Balaban J connectivity index is 1.73. The minimum Gasteiger partial charge on any atom is -0.465 e. The maximum atomic E-state index is 12.5. The molecule has 1 heterocycles. The Hall–Kier alpha value is -4.53. The number of anilines is 2. The molecule has 0 atom stereocenters. The number of hydrogen-bond acceptors (Lipinski definition) is 7. The summed E-state index contributed by atoms with van der Waals surface area (Å²) in [6.07, 6.45) is 1.23. The maximum absolute atomic E-state index is 12.5. The van der Waals surface area contributed by atoms with E-state index in [2.05, 4.69) is 15.6 Å². The number of esters is 2. The highest BCUT2D eigenvalue weighted by molar-refractivity contribution is 6.09. The van der Waals surface area contributed by atoms with E-state index in [9.17, 15) is 19.2 Å². The molecule has 0 bridgehead atoms. The highest BCUT2D eigenvalue weighted by Crippen LogP contribution is 2.18. The van der Waals surface area contributed by atoms with Crippen molar-refractivity contribution in [2.45, 2.75) is 0 Å². The van der Waals surface area contributed by atoms with E-state index in [1.165, 1.54) is 44.7 Å². The molecule has 0 aliphatic rings. The molecule has 0 spiro atoms. The number of nitrogens with zero attached hydrogens (tertiary/aromatic N) is 1. The number of carbonyl (C=O) groups excluding carboxylic acids is 4. The average molecular weight is 433 g/mol. The number of amides is 2. The summed E-state index contributed by atoms with van der Waals surface area (Å²) in [6, 6.07) is 15.6. The van der Waals surface area contributed by atoms with Crippen LogP contribution in [0, 0.1) is 0 Å². The summed E-state index contributed by atoms with van der Waals surface area (Å²) in [5.41, 5.74) is 1.17. The maximum Gasteiger partial charge on any atom is 0.339 e. The summed E-state index contributed by atoms with van der Waals surface area (Å²) in [7, 11) is 2.49. The molecule has 32 heavy (non-hydrogen) atoms. The van der Waals surface area contributed by atoms with Gasteiger partial charge >= 0.3 is 11.9 Å². The third-order valence-electron chi connectivity index (χ3n) is 4.42. The van der Waals surface area contributed by atoms with E-state index >= 15 is 0 Å². The number of ether oxygens (including phenoxy) is 2. The van der Waals surface area contributed by atoms with Gasteiger partial charge in [-0.05, 0) is 36.4 Å². The Labute approximate surface area is 183 Å². The molecule has 2 aromatic carbocycles. The third kappa shape index (κ3) is 4.96. The SMILES string of the molecule is COC(=O)c1ccccc1NC(=O)c1ccc(C(=O)Nc2ccccc2C(=O)OC)nc1. The van der Waals surface area contributed by atoms with E-state index < -0.39 is 23.8 Å². The van der Waals surface area contributed by atoms with Crippen LogP contribution in [0.2, 0.25) is 0 Å². The molecule has 0 radical (unpaired) electrons. The zero-order valence-corrected chi connectivity index (χ0v) is 17.2. The van der Waals surface area contributed by atoms with E-state index in [1.54, 1.807) is 36.4 Å². The van der Waals surface area contributed by atoms with Gasteiger partial charge in [0, 0.05) is 6.20 Å². The quantitative estimate of drug-likeness (QED) is 0.572. The molecule has 9 nitrogen and oxygen atoms in total. The third-order valence-corrected chi connectivity index (χ3v) is 4.42. The molecule has 162 valence electrons. The van der Waals surface area contributed by atoms with Crippen molar-refractivity contribution in [2.24, 2.45) is 0 Å². The molecule has 9 heteroatoms. The Morgan fingerprint density at radius 3 is 1.66 bits per heavy atom. The summed E-state index contributed by atoms with van der Waals surface area (Å²) in [4.78, 5) is 52.8. The van der Waals surface area contributed by atoms with Gasteiger partial charge in [0.1, 0.15) is 5.69 Å². The molecule has 0 saturated heterocycles. The van der Waals surface area contributed by atoms with E-state index in [4.69, 9.17) is 9.47 Å². The number of nitrogens with one attached hydrogen (secondary N) is 2. The molecule has 0 fully saturated rings. The van der Waals surface area contributed by atoms with Crippen LogP contribution >= 0.6 is 0 Å². The molecular weight excluding hydrogens is 414 g/mol. The minimum atomic E-state index is -0.590. The first-order chi connectivity index (χ1) is 15.4. The number of benzene rings is 2. The number of hydrogen-bond donors (Lipinski definition) is 2. The number of methoxy groups -OCH3 is 2. The van der Waals surface area contributed by atoms with Gasteiger partial charge in [-0.1, -0.05) is 24.3 Å². The lowest BCUT2D eigenvalue weighted by Gasteiger charge is -2.10. The van der Waals surface area contributed by atoms with Crippen LogP contribution in [0.4, 0.5) is 11.4 Å². The van der Waals surface area contributed by atoms with Gasteiger partial charge in [-0.3, -0.25) is 14.6 Å². The normalized spacial score (nSPS) is 10.1. The Kier molecular flexibility index (Phi) is 6.92. The lowest BCUT2D eigenvalue weighted by Crippen LogP contribution is -2.18. The lowest BCUT2D eigenvalue weighted by atomic mass is 10.1. The number of pyridine rings is 1. The number of carbonyl (C=O) groups is 4. The summed E-state index contributed by atoms with van der Waals surface area (Å²) in [5, 5.41) is 5.23. The molecule has 2 N–H and O–H groups in total. The molecule has 0 aliphatic carbocycles. The highest BCUT2D eigenvalue weighted by Gasteiger charge is 2.17. The molecule has 1 aromatic heterocycles. The molecule has 2 amide bonds. The topological polar surface area (TPSA) is 124 Å². The van der Waals surface area contributed by atoms with Gasteiger partial charge in [0.15, 0.2) is 0 Å². The fourth-order valence-corrected chi connectivity index (χ4v) is 2.80. The first-order valence-corrected chi connectivity index (χ1v) is 9.38. The van der Waals surface area contributed by atoms with Gasteiger partial charge in [-0.25, -0.2) is 9.59 Å². The molecule has 0 aliphatic heterocycles. The van der Waals surface area contributed by atoms with Crippen molar-refractivity contribution in [3.63, 3.8) is 0 Å². The van der Waals surface area contributed by atoms with E-state index in [0.29, 0.717) is 0 Å². The second kappa shape index (κ2) is 9.98. The van der Waals surface area contributed by atoms with Crippen molar-refractivity contribution in [1.29, 1.82) is 0 Å². The summed E-state index contributed by atoms with van der Waals surface area (Å²) in [6.45, 7) is 0.